The highest BCUT2D eigenvalue weighted by molar-refractivity contribution is 7.10. The molecule has 1 aliphatic rings. The summed E-state index contributed by atoms with van der Waals surface area (Å²) < 4.78 is 13.0. The highest BCUT2D eigenvalue weighted by Gasteiger charge is 2.28. The van der Waals surface area contributed by atoms with Gasteiger partial charge in [0.1, 0.15) is 5.82 Å². The average molecular weight is 319 g/mol. The molecule has 0 unspecified atom stereocenters. The van der Waals surface area contributed by atoms with E-state index in [9.17, 15) is 4.39 Å². The second-order valence-electron chi connectivity index (χ2n) is 5.82. The van der Waals surface area contributed by atoms with Crippen molar-refractivity contribution in [1.29, 1.82) is 0 Å². The molecule has 3 nitrogen and oxygen atoms in total. The highest BCUT2D eigenvalue weighted by atomic mass is 32.1. The van der Waals surface area contributed by atoms with Crippen molar-refractivity contribution in [2.45, 2.75) is 19.0 Å². The summed E-state index contributed by atoms with van der Waals surface area (Å²) in [5, 5.41) is 2.11. The zero-order chi connectivity index (χ0) is 15.5. The van der Waals surface area contributed by atoms with Gasteiger partial charge in [0, 0.05) is 42.8 Å². The minimum atomic E-state index is -0.183. The summed E-state index contributed by atoms with van der Waals surface area (Å²) in [5.74, 6) is -0.183. The van der Waals surface area contributed by atoms with Crippen LogP contribution in [0.2, 0.25) is 0 Å². The van der Waals surface area contributed by atoms with Crippen LogP contribution in [0, 0.1) is 5.82 Å². The van der Waals surface area contributed by atoms with Crippen LogP contribution in [0.15, 0.2) is 41.8 Å². The van der Waals surface area contributed by atoms with Gasteiger partial charge in [-0.1, -0.05) is 6.07 Å². The SMILES string of the molecule is C[C@@H](N)[C@H](c1cccs1)N1CCN(c2ccc(F)cc2)CC1. The van der Waals surface area contributed by atoms with Crippen molar-refractivity contribution in [3.05, 3.63) is 52.5 Å². The molecule has 1 saturated heterocycles. The first-order valence-electron chi connectivity index (χ1n) is 7.68. The van der Waals surface area contributed by atoms with E-state index in [1.54, 1.807) is 11.3 Å². The van der Waals surface area contributed by atoms with E-state index in [4.69, 9.17) is 5.73 Å². The lowest BCUT2D eigenvalue weighted by atomic mass is 10.1. The van der Waals surface area contributed by atoms with E-state index in [2.05, 4.69) is 34.2 Å². The van der Waals surface area contributed by atoms with Crippen LogP contribution in [-0.4, -0.2) is 37.1 Å². The fourth-order valence-electron chi connectivity index (χ4n) is 3.14. The fourth-order valence-corrected chi connectivity index (χ4v) is 4.12. The van der Waals surface area contributed by atoms with E-state index in [0.29, 0.717) is 0 Å². The Morgan fingerprint density at radius 2 is 1.77 bits per heavy atom. The zero-order valence-corrected chi connectivity index (χ0v) is 13.6. The molecule has 0 spiro atoms. The number of benzene rings is 1. The Balaban J connectivity index is 1.66. The van der Waals surface area contributed by atoms with Crippen LogP contribution >= 0.6 is 11.3 Å². The van der Waals surface area contributed by atoms with Crippen molar-refractivity contribution < 1.29 is 4.39 Å². The number of piperazine rings is 1. The molecule has 1 aromatic heterocycles. The molecule has 3 rings (SSSR count). The monoisotopic (exact) mass is 319 g/mol. The molecule has 2 heterocycles. The van der Waals surface area contributed by atoms with Gasteiger partial charge in [-0.05, 0) is 42.6 Å². The van der Waals surface area contributed by atoms with Crippen LogP contribution < -0.4 is 10.6 Å². The van der Waals surface area contributed by atoms with Crippen LogP contribution in [0.1, 0.15) is 17.8 Å². The van der Waals surface area contributed by atoms with Gasteiger partial charge < -0.3 is 10.6 Å². The lowest BCUT2D eigenvalue weighted by molar-refractivity contribution is 0.169. The first kappa shape index (κ1) is 15.5. The van der Waals surface area contributed by atoms with E-state index < -0.39 is 0 Å². The first-order chi connectivity index (χ1) is 10.6. The molecule has 1 fully saturated rings. The average Bonchev–Trinajstić information content (AvgIpc) is 3.03. The van der Waals surface area contributed by atoms with E-state index in [-0.39, 0.29) is 17.9 Å². The molecule has 0 amide bonds. The van der Waals surface area contributed by atoms with Crippen molar-refractivity contribution in [2.75, 3.05) is 31.1 Å². The van der Waals surface area contributed by atoms with Gasteiger partial charge in [0.05, 0.1) is 6.04 Å². The molecule has 2 N–H and O–H groups in total. The maximum absolute atomic E-state index is 13.0. The molecular formula is C17H22FN3S. The molecule has 1 aliphatic heterocycles. The predicted octanol–water partition coefficient (Wildman–Crippen LogP) is 3.10. The first-order valence-corrected chi connectivity index (χ1v) is 8.56. The number of halogens is 1. The topological polar surface area (TPSA) is 32.5 Å². The van der Waals surface area contributed by atoms with E-state index in [1.165, 1.54) is 17.0 Å². The van der Waals surface area contributed by atoms with Crippen molar-refractivity contribution in [3.8, 4) is 0 Å². The van der Waals surface area contributed by atoms with Crippen LogP contribution in [0.5, 0.6) is 0 Å². The Labute approximate surface area is 135 Å². The number of anilines is 1. The molecule has 22 heavy (non-hydrogen) atoms. The molecule has 0 saturated carbocycles. The molecule has 2 atom stereocenters. The van der Waals surface area contributed by atoms with Crippen molar-refractivity contribution >= 4 is 17.0 Å². The molecule has 0 bridgehead atoms. The lowest BCUT2D eigenvalue weighted by Gasteiger charge is -2.41. The van der Waals surface area contributed by atoms with Gasteiger partial charge in [0.15, 0.2) is 0 Å². The third kappa shape index (κ3) is 3.32. The maximum Gasteiger partial charge on any atom is 0.123 e. The third-order valence-corrected chi connectivity index (χ3v) is 5.18. The molecule has 0 aliphatic carbocycles. The van der Waals surface area contributed by atoms with Crippen LogP contribution in [0.25, 0.3) is 0 Å². The standard InChI is InChI=1S/C17H22FN3S/c1-13(19)17(16-3-2-12-22-16)21-10-8-20(9-11-21)15-6-4-14(18)5-7-15/h2-7,12-13,17H,8-11,19H2,1H3/t13-,17-/m1/s1. The van der Waals surface area contributed by atoms with Gasteiger partial charge in [0.2, 0.25) is 0 Å². The quantitative estimate of drug-likeness (QED) is 0.940. The summed E-state index contributed by atoms with van der Waals surface area (Å²) in [6.45, 7) is 5.92. The second-order valence-corrected chi connectivity index (χ2v) is 6.80. The molecule has 0 radical (unpaired) electrons. The maximum atomic E-state index is 13.0. The predicted molar refractivity (Wildman–Crippen MR) is 90.9 cm³/mol. The second kappa shape index (κ2) is 6.77. The van der Waals surface area contributed by atoms with Gasteiger partial charge in [-0.25, -0.2) is 4.39 Å². The molecule has 5 heteroatoms. The summed E-state index contributed by atoms with van der Waals surface area (Å²) in [5.41, 5.74) is 7.32. The van der Waals surface area contributed by atoms with Crippen LogP contribution in [0.3, 0.4) is 0 Å². The normalized spacial score (nSPS) is 19.1. The number of nitrogens with zero attached hydrogens (tertiary/aromatic N) is 2. The fraction of sp³-hybridized carbons (Fsp3) is 0.412. The van der Waals surface area contributed by atoms with Gasteiger partial charge in [-0.15, -0.1) is 11.3 Å². The Morgan fingerprint density at radius 3 is 2.32 bits per heavy atom. The Morgan fingerprint density at radius 1 is 1.09 bits per heavy atom. The Hall–Kier alpha value is -1.43. The number of hydrogen-bond acceptors (Lipinski definition) is 4. The van der Waals surface area contributed by atoms with Crippen LogP contribution in [-0.2, 0) is 0 Å². The molecule has 2 aromatic rings. The molecular weight excluding hydrogens is 297 g/mol. The third-order valence-electron chi connectivity index (χ3n) is 4.23. The summed E-state index contributed by atoms with van der Waals surface area (Å²) in [6.07, 6.45) is 0. The summed E-state index contributed by atoms with van der Waals surface area (Å²) in [6, 6.07) is 11.4. The van der Waals surface area contributed by atoms with Gasteiger partial charge in [0.25, 0.3) is 0 Å². The van der Waals surface area contributed by atoms with Crippen molar-refractivity contribution in [1.82, 2.24) is 4.90 Å². The number of rotatable bonds is 4. The van der Waals surface area contributed by atoms with Crippen molar-refractivity contribution in [2.24, 2.45) is 5.73 Å². The van der Waals surface area contributed by atoms with Crippen molar-refractivity contribution in [3.63, 3.8) is 0 Å². The van der Waals surface area contributed by atoms with Crippen LogP contribution in [0.4, 0.5) is 10.1 Å². The smallest absolute Gasteiger partial charge is 0.123 e. The summed E-state index contributed by atoms with van der Waals surface area (Å²) in [7, 11) is 0. The summed E-state index contributed by atoms with van der Waals surface area (Å²) >= 11 is 1.77. The van der Waals surface area contributed by atoms with Gasteiger partial charge >= 0.3 is 0 Å². The minimum absolute atomic E-state index is 0.107. The number of thiophene rings is 1. The highest BCUT2D eigenvalue weighted by Crippen LogP contribution is 2.29. The van der Waals surface area contributed by atoms with E-state index in [1.807, 2.05) is 12.1 Å². The largest absolute Gasteiger partial charge is 0.369 e. The number of hydrogen-bond donors (Lipinski definition) is 1. The van der Waals surface area contributed by atoms with Gasteiger partial charge in [-0.3, -0.25) is 4.90 Å². The minimum Gasteiger partial charge on any atom is -0.369 e. The molecule has 1 aromatic carbocycles. The lowest BCUT2D eigenvalue weighted by Crippen LogP contribution is -2.50. The van der Waals surface area contributed by atoms with E-state index in [0.717, 1.165) is 31.9 Å². The van der Waals surface area contributed by atoms with Gasteiger partial charge in [-0.2, -0.15) is 0 Å². The summed E-state index contributed by atoms with van der Waals surface area (Å²) in [4.78, 5) is 6.12. The Bertz CT molecular complexity index is 574. The number of nitrogens with two attached hydrogens (primary N) is 1. The van der Waals surface area contributed by atoms with E-state index >= 15 is 0 Å². The Kier molecular flexibility index (Phi) is 4.76. The molecule has 118 valence electrons. The zero-order valence-electron chi connectivity index (χ0n) is 12.8.